The minimum absolute atomic E-state index is 0.243. The monoisotopic (exact) mass is 385 g/mol. The van der Waals surface area contributed by atoms with Gasteiger partial charge in [-0.3, -0.25) is 4.79 Å². The summed E-state index contributed by atoms with van der Waals surface area (Å²) in [6, 6.07) is 22.1. The molecule has 0 aliphatic heterocycles. The zero-order valence-corrected chi connectivity index (χ0v) is 16.1. The molecule has 0 saturated heterocycles. The van der Waals surface area contributed by atoms with Gasteiger partial charge in [-0.15, -0.1) is 0 Å². The molecule has 3 aromatic carbocycles. The number of aromatic nitrogens is 2. The molecule has 144 valence electrons. The van der Waals surface area contributed by atoms with E-state index < -0.39 is 0 Å². The summed E-state index contributed by atoms with van der Waals surface area (Å²) in [4.78, 5) is 17.9. The molecule has 0 saturated carbocycles. The van der Waals surface area contributed by atoms with Crippen LogP contribution >= 0.6 is 0 Å². The second-order valence-electron chi connectivity index (χ2n) is 6.32. The van der Waals surface area contributed by atoms with Crippen molar-refractivity contribution in [1.29, 1.82) is 0 Å². The van der Waals surface area contributed by atoms with Gasteiger partial charge in [0, 0.05) is 5.56 Å². The number of ether oxygens (including phenoxy) is 2. The number of hydrogen-bond acceptors (Lipinski definition) is 5. The minimum atomic E-state index is -0.243. The maximum Gasteiger partial charge on any atom is 0.282 e. The lowest BCUT2D eigenvalue weighted by Crippen LogP contribution is -2.20. The highest BCUT2D eigenvalue weighted by atomic mass is 16.5. The van der Waals surface area contributed by atoms with Gasteiger partial charge in [-0.1, -0.05) is 36.4 Å². The first kappa shape index (κ1) is 18.4. The molecule has 0 radical (unpaired) electrons. The highest BCUT2D eigenvalue weighted by Gasteiger charge is 2.13. The fourth-order valence-corrected chi connectivity index (χ4v) is 3.03. The van der Waals surface area contributed by atoms with Crippen LogP contribution < -0.4 is 15.0 Å². The van der Waals surface area contributed by atoms with Crippen molar-refractivity contribution in [3.05, 3.63) is 88.7 Å². The zero-order valence-electron chi connectivity index (χ0n) is 16.1. The summed E-state index contributed by atoms with van der Waals surface area (Å²) in [5.41, 5.74) is 1.91. The van der Waals surface area contributed by atoms with Crippen LogP contribution in [0.3, 0.4) is 0 Å². The normalized spacial score (nSPS) is 11.1. The van der Waals surface area contributed by atoms with Crippen molar-refractivity contribution in [2.24, 2.45) is 5.10 Å². The Labute approximate surface area is 167 Å². The van der Waals surface area contributed by atoms with Crippen molar-refractivity contribution in [2.75, 3.05) is 14.2 Å². The molecular formula is C23H19N3O3. The highest BCUT2D eigenvalue weighted by molar-refractivity contribution is 5.82. The van der Waals surface area contributed by atoms with Gasteiger partial charge in [0.15, 0.2) is 5.82 Å². The molecule has 6 nitrogen and oxygen atoms in total. The largest absolute Gasteiger partial charge is 0.497 e. The Morgan fingerprint density at radius 3 is 2.41 bits per heavy atom. The fourth-order valence-electron chi connectivity index (χ4n) is 3.03. The van der Waals surface area contributed by atoms with Gasteiger partial charge in [0.05, 0.1) is 31.3 Å². The number of hydrogen-bond donors (Lipinski definition) is 0. The van der Waals surface area contributed by atoms with Crippen molar-refractivity contribution in [2.45, 2.75) is 0 Å². The second-order valence-corrected chi connectivity index (χ2v) is 6.32. The Kier molecular flexibility index (Phi) is 5.07. The number of nitrogens with zero attached hydrogens (tertiary/aromatic N) is 3. The molecule has 0 atom stereocenters. The molecule has 0 amide bonds. The minimum Gasteiger partial charge on any atom is -0.497 e. The van der Waals surface area contributed by atoms with Gasteiger partial charge in [-0.25, -0.2) is 4.98 Å². The number of rotatable bonds is 5. The zero-order chi connectivity index (χ0) is 20.2. The summed E-state index contributed by atoms with van der Waals surface area (Å²) in [5, 5.41) is 4.96. The number of para-hydroxylation sites is 1. The van der Waals surface area contributed by atoms with E-state index in [1.807, 2.05) is 66.7 Å². The first-order chi connectivity index (χ1) is 14.2. The number of methoxy groups -OCH3 is 2. The van der Waals surface area contributed by atoms with Crippen LogP contribution in [0.1, 0.15) is 5.56 Å². The average Bonchev–Trinajstić information content (AvgIpc) is 2.78. The van der Waals surface area contributed by atoms with Crippen LogP contribution in [0.5, 0.6) is 11.5 Å². The predicted octanol–water partition coefficient (Wildman–Crippen LogP) is 3.96. The van der Waals surface area contributed by atoms with Gasteiger partial charge in [0.25, 0.3) is 5.56 Å². The first-order valence-corrected chi connectivity index (χ1v) is 9.04. The summed E-state index contributed by atoms with van der Waals surface area (Å²) >= 11 is 0. The lowest BCUT2D eigenvalue weighted by molar-refractivity contribution is 0.414. The van der Waals surface area contributed by atoms with E-state index in [1.165, 1.54) is 4.68 Å². The first-order valence-electron chi connectivity index (χ1n) is 9.04. The molecular weight excluding hydrogens is 366 g/mol. The highest BCUT2D eigenvalue weighted by Crippen LogP contribution is 2.23. The van der Waals surface area contributed by atoms with E-state index >= 15 is 0 Å². The van der Waals surface area contributed by atoms with E-state index in [2.05, 4.69) is 5.10 Å². The summed E-state index contributed by atoms with van der Waals surface area (Å²) in [5.74, 6) is 1.82. The van der Waals surface area contributed by atoms with Gasteiger partial charge >= 0.3 is 0 Å². The summed E-state index contributed by atoms with van der Waals surface area (Å²) in [6.07, 6.45) is 1.62. The van der Waals surface area contributed by atoms with Gasteiger partial charge in [-0.2, -0.15) is 9.78 Å². The second kappa shape index (κ2) is 7.98. The van der Waals surface area contributed by atoms with E-state index in [0.29, 0.717) is 28.2 Å². The Bertz CT molecular complexity index is 1260. The lowest BCUT2D eigenvalue weighted by atomic mass is 10.2. The van der Waals surface area contributed by atoms with Crippen molar-refractivity contribution < 1.29 is 9.47 Å². The molecule has 1 heterocycles. The van der Waals surface area contributed by atoms with E-state index in [0.717, 1.165) is 11.1 Å². The van der Waals surface area contributed by atoms with Crippen LogP contribution in [0.2, 0.25) is 0 Å². The van der Waals surface area contributed by atoms with E-state index in [9.17, 15) is 4.79 Å². The van der Waals surface area contributed by atoms with Crippen molar-refractivity contribution in [1.82, 2.24) is 9.66 Å². The van der Waals surface area contributed by atoms with Crippen LogP contribution in [0, 0.1) is 0 Å². The smallest absolute Gasteiger partial charge is 0.282 e. The Morgan fingerprint density at radius 2 is 1.62 bits per heavy atom. The van der Waals surface area contributed by atoms with Crippen LogP contribution in [0.4, 0.5) is 0 Å². The van der Waals surface area contributed by atoms with Crippen LogP contribution in [-0.4, -0.2) is 30.1 Å². The maximum atomic E-state index is 13.2. The molecule has 4 aromatic rings. The SMILES string of the molecule is COc1cccc(/C=N\n2c(-c3cccc(OC)c3)nc3ccccc3c2=O)c1. The van der Waals surface area contributed by atoms with Crippen molar-refractivity contribution in [3.8, 4) is 22.9 Å². The Balaban J connectivity index is 1.91. The molecule has 6 heteroatoms. The van der Waals surface area contributed by atoms with Gasteiger partial charge < -0.3 is 9.47 Å². The molecule has 1 aromatic heterocycles. The van der Waals surface area contributed by atoms with Crippen LogP contribution in [0.25, 0.3) is 22.3 Å². The predicted molar refractivity (Wildman–Crippen MR) is 114 cm³/mol. The molecule has 0 fully saturated rings. The molecule has 0 bridgehead atoms. The molecule has 29 heavy (non-hydrogen) atoms. The Morgan fingerprint density at radius 1 is 0.897 bits per heavy atom. The van der Waals surface area contributed by atoms with Gasteiger partial charge in [0.1, 0.15) is 11.5 Å². The van der Waals surface area contributed by atoms with Crippen LogP contribution in [0.15, 0.2) is 82.7 Å². The van der Waals surface area contributed by atoms with Crippen molar-refractivity contribution in [3.63, 3.8) is 0 Å². The van der Waals surface area contributed by atoms with E-state index in [-0.39, 0.29) is 5.56 Å². The molecule has 0 spiro atoms. The summed E-state index contributed by atoms with van der Waals surface area (Å²) in [6.45, 7) is 0. The quantitative estimate of drug-likeness (QED) is 0.488. The van der Waals surface area contributed by atoms with Gasteiger partial charge in [0.2, 0.25) is 0 Å². The molecule has 0 unspecified atom stereocenters. The summed E-state index contributed by atoms with van der Waals surface area (Å²) < 4.78 is 11.9. The fraction of sp³-hybridized carbons (Fsp3) is 0.0870. The van der Waals surface area contributed by atoms with Crippen LogP contribution in [-0.2, 0) is 0 Å². The molecule has 0 N–H and O–H groups in total. The van der Waals surface area contributed by atoms with Crippen molar-refractivity contribution >= 4 is 17.1 Å². The lowest BCUT2D eigenvalue weighted by Gasteiger charge is -2.10. The average molecular weight is 385 g/mol. The van der Waals surface area contributed by atoms with E-state index in [1.54, 1.807) is 26.5 Å². The third kappa shape index (κ3) is 3.73. The number of benzene rings is 3. The standard InChI is InChI=1S/C23H19N3O3/c1-28-18-9-5-7-16(13-18)15-24-26-22(17-8-6-10-19(14-17)29-2)25-21-12-4-3-11-20(21)23(26)27/h3-15H,1-2H3/b24-15-. The molecule has 0 aliphatic rings. The molecule has 4 rings (SSSR count). The summed E-state index contributed by atoms with van der Waals surface area (Å²) in [7, 11) is 3.20. The Hall–Kier alpha value is -3.93. The number of fused-ring (bicyclic) bond motifs is 1. The van der Waals surface area contributed by atoms with Gasteiger partial charge in [-0.05, 0) is 42.0 Å². The third-order valence-electron chi connectivity index (χ3n) is 4.50. The maximum absolute atomic E-state index is 13.2. The molecule has 0 aliphatic carbocycles. The van der Waals surface area contributed by atoms with E-state index in [4.69, 9.17) is 14.5 Å². The topological polar surface area (TPSA) is 65.7 Å². The third-order valence-corrected chi connectivity index (χ3v) is 4.50.